The van der Waals surface area contributed by atoms with Gasteiger partial charge in [0.2, 0.25) is 0 Å². The first-order valence-corrected chi connectivity index (χ1v) is 11.2. The van der Waals surface area contributed by atoms with Gasteiger partial charge >= 0.3 is 17.8 Å². The molecule has 174 valence electrons. The fraction of sp³-hybridized carbons (Fsp3) is 0.318. The van der Waals surface area contributed by atoms with Crippen LogP contribution in [0.15, 0.2) is 41.8 Å². The Hall–Kier alpha value is -3.73. The summed E-state index contributed by atoms with van der Waals surface area (Å²) in [5.74, 6) is -3.01. The van der Waals surface area contributed by atoms with Crippen molar-refractivity contribution < 1.29 is 24.3 Å². The van der Waals surface area contributed by atoms with Crippen LogP contribution in [0.3, 0.4) is 0 Å². The van der Waals surface area contributed by atoms with Gasteiger partial charge in [0.25, 0.3) is 5.91 Å². The highest BCUT2D eigenvalue weighted by molar-refractivity contribution is 7.10. The van der Waals surface area contributed by atoms with Crippen LogP contribution in [-0.2, 0) is 19.9 Å². The lowest BCUT2D eigenvalue weighted by atomic mass is 9.85. The van der Waals surface area contributed by atoms with E-state index in [2.05, 4.69) is 10.6 Å². The Labute approximate surface area is 194 Å². The largest absolute Gasteiger partial charge is 0.481 e. The van der Waals surface area contributed by atoms with E-state index >= 15 is 0 Å². The number of piperazine rings is 1. The summed E-state index contributed by atoms with van der Waals surface area (Å²) in [6, 6.07) is 9.84. The maximum atomic E-state index is 12.7. The highest BCUT2D eigenvalue weighted by Gasteiger charge is 2.46. The zero-order valence-electron chi connectivity index (χ0n) is 17.8. The average Bonchev–Trinajstić information content (AvgIpc) is 3.33. The molecule has 1 atom stereocenters. The Morgan fingerprint density at radius 2 is 1.91 bits per heavy atom. The fourth-order valence-electron chi connectivity index (χ4n) is 3.93. The van der Waals surface area contributed by atoms with Crippen LogP contribution in [0.25, 0.3) is 0 Å². The Morgan fingerprint density at radius 1 is 1.21 bits per heavy atom. The monoisotopic (exact) mass is 471 g/mol. The standard InChI is InChI=1S/C22H25N5O5S/c23-18(24)14-4-6-15(7-5-14)19(30)25-9-2-8-22(13-17(28)29,16-3-1-12-33-16)27-11-10-26-20(31)21(27)32/h1,3-7,12H,2,8-11,13H2,(H3,23,24)(H,25,30)(H,26,31)(H,28,29). The maximum Gasteiger partial charge on any atom is 0.312 e. The first-order chi connectivity index (χ1) is 15.7. The quantitative estimate of drug-likeness (QED) is 0.149. The van der Waals surface area contributed by atoms with E-state index in [0.717, 1.165) is 0 Å². The van der Waals surface area contributed by atoms with Crippen LogP contribution in [0.5, 0.6) is 0 Å². The molecule has 1 aliphatic heterocycles. The Bertz CT molecular complexity index is 1050. The van der Waals surface area contributed by atoms with Crippen molar-refractivity contribution in [1.29, 1.82) is 5.41 Å². The lowest BCUT2D eigenvalue weighted by molar-refractivity contribution is -0.156. The molecular formula is C22H25N5O5S. The number of amides is 3. The lowest BCUT2D eigenvalue weighted by Gasteiger charge is -2.44. The molecule has 6 N–H and O–H groups in total. The number of nitrogens with zero attached hydrogens (tertiary/aromatic N) is 1. The zero-order chi connectivity index (χ0) is 24.0. The van der Waals surface area contributed by atoms with Crippen molar-refractivity contribution in [3.05, 3.63) is 57.8 Å². The molecule has 11 heteroatoms. The second kappa shape index (κ2) is 10.3. The molecule has 10 nitrogen and oxygen atoms in total. The van der Waals surface area contributed by atoms with Gasteiger partial charge < -0.3 is 26.4 Å². The van der Waals surface area contributed by atoms with Gasteiger partial charge in [0.1, 0.15) is 5.84 Å². The van der Waals surface area contributed by atoms with Crippen molar-refractivity contribution in [3.63, 3.8) is 0 Å². The van der Waals surface area contributed by atoms with E-state index in [9.17, 15) is 24.3 Å². The summed E-state index contributed by atoms with van der Waals surface area (Å²) in [4.78, 5) is 51.0. The molecular weight excluding hydrogens is 446 g/mol. The van der Waals surface area contributed by atoms with Gasteiger partial charge in [-0.15, -0.1) is 11.3 Å². The number of nitrogens with one attached hydrogen (secondary N) is 3. The Kier molecular flexibility index (Phi) is 7.44. The van der Waals surface area contributed by atoms with Gasteiger partial charge in [-0.05, 0) is 36.4 Å². The molecule has 3 rings (SSSR count). The van der Waals surface area contributed by atoms with Crippen LogP contribution in [0.1, 0.15) is 40.1 Å². The summed E-state index contributed by atoms with van der Waals surface area (Å²) in [5.41, 5.74) is 5.14. The van der Waals surface area contributed by atoms with Crippen LogP contribution in [-0.4, -0.2) is 59.2 Å². The van der Waals surface area contributed by atoms with E-state index in [0.29, 0.717) is 22.4 Å². The summed E-state index contributed by atoms with van der Waals surface area (Å²) in [6.07, 6.45) is 0.281. The highest BCUT2D eigenvalue weighted by Crippen LogP contribution is 2.40. The number of carbonyl (C=O) groups excluding carboxylic acids is 3. The molecule has 33 heavy (non-hydrogen) atoms. The molecule has 0 spiro atoms. The number of amidine groups is 1. The summed E-state index contributed by atoms with van der Waals surface area (Å²) < 4.78 is 0. The topological polar surface area (TPSA) is 166 Å². The zero-order valence-corrected chi connectivity index (χ0v) is 18.6. The third kappa shape index (κ3) is 5.37. The van der Waals surface area contributed by atoms with E-state index < -0.39 is 23.3 Å². The number of hydrogen-bond acceptors (Lipinski definition) is 6. The molecule has 1 saturated heterocycles. The maximum absolute atomic E-state index is 12.7. The van der Waals surface area contributed by atoms with Crippen molar-refractivity contribution in [3.8, 4) is 0 Å². The number of benzene rings is 1. The van der Waals surface area contributed by atoms with Gasteiger partial charge in [-0.3, -0.25) is 24.6 Å². The van der Waals surface area contributed by atoms with Gasteiger partial charge in [0, 0.05) is 35.6 Å². The first kappa shape index (κ1) is 23.9. The second-order valence-electron chi connectivity index (χ2n) is 7.64. The van der Waals surface area contributed by atoms with Crippen molar-refractivity contribution in [2.45, 2.75) is 24.8 Å². The van der Waals surface area contributed by atoms with E-state index in [4.69, 9.17) is 11.1 Å². The number of nitrogens with two attached hydrogens (primary N) is 1. The van der Waals surface area contributed by atoms with Gasteiger partial charge in [0.05, 0.1) is 12.0 Å². The van der Waals surface area contributed by atoms with Crippen LogP contribution in [0.2, 0.25) is 0 Å². The molecule has 0 saturated carbocycles. The molecule has 1 fully saturated rings. The summed E-state index contributed by atoms with van der Waals surface area (Å²) >= 11 is 1.33. The molecule has 1 unspecified atom stereocenters. The number of aliphatic carboxylic acids is 1. The van der Waals surface area contributed by atoms with E-state index in [1.54, 1.807) is 41.8 Å². The normalized spacial score (nSPS) is 15.5. The molecule has 0 bridgehead atoms. The van der Waals surface area contributed by atoms with Crippen molar-refractivity contribution in [2.24, 2.45) is 5.73 Å². The third-order valence-electron chi connectivity index (χ3n) is 5.51. The summed E-state index contributed by atoms with van der Waals surface area (Å²) in [7, 11) is 0. The molecule has 1 aliphatic rings. The number of carboxylic acid groups (broad SMARTS) is 1. The summed E-state index contributed by atoms with van der Waals surface area (Å²) in [5, 5.41) is 24.1. The van der Waals surface area contributed by atoms with Crippen molar-refractivity contribution in [1.82, 2.24) is 15.5 Å². The van der Waals surface area contributed by atoms with Crippen molar-refractivity contribution >= 4 is 40.9 Å². The van der Waals surface area contributed by atoms with E-state index in [-0.39, 0.29) is 44.2 Å². The lowest BCUT2D eigenvalue weighted by Crippen LogP contribution is -2.60. The first-order valence-electron chi connectivity index (χ1n) is 10.3. The van der Waals surface area contributed by atoms with Crippen LogP contribution >= 0.6 is 11.3 Å². The van der Waals surface area contributed by atoms with Crippen LogP contribution in [0.4, 0.5) is 0 Å². The van der Waals surface area contributed by atoms with E-state index in [1.807, 2.05) is 0 Å². The predicted octanol–water partition coefficient (Wildman–Crippen LogP) is 0.871. The summed E-state index contributed by atoms with van der Waals surface area (Å²) in [6.45, 7) is 0.684. The molecule has 1 aromatic heterocycles. The number of rotatable bonds is 10. The van der Waals surface area contributed by atoms with Gasteiger partial charge in [0.15, 0.2) is 0 Å². The third-order valence-corrected chi connectivity index (χ3v) is 6.57. The van der Waals surface area contributed by atoms with Gasteiger partial charge in [-0.2, -0.15) is 0 Å². The predicted molar refractivity (Wildman–Crippen MR) is 122 cm³/mol. The highest BCUT2D eigenvalue weighted by atomic mass is 32.1. The fourth-order valence-corrected chi connectivity index (χ4v) is 4.90. The minimum Gasteiger partial charge on any atom is -0.481 e. The van der Waals surface area contributed by atoms with E-state index in [1.165, 1.54) is 16.2 Å². The molecule has 2 aromatic rings. The average molecular weight is 472 g/mol. The Balaban J connectivity index is 1.74. The minimum atomic E-state index is -1.19. The number of nitrogen functional groups attached to an aromatic ring is 1. The minimum absolute atomic E-state index is 0.0914. The van der Waals surface area contributed by atoms with Crippen LogP contribution < -0.4 is 16.4 Å². The number of carbonyl (C=O) groups is 4. The molecule has 2 heterocycles. The molecule has 1 aromatic carbocycles. The smallest absolute Gasteiger partial charge is 0.312 e. The Morgan fingerprint density at radius 3 is 2.52 bits per heavy atom. The van der Waals surface area contributed by atoms with Crippen LogP contribution in [0, 0.1) is 5.41 Å². The number of thiophene rings is 1. The number of carboxylic acids is 1. The SMILES string of the molecule is N=C(N)c1ccc(C(=O)NCCCC(CC(=O)O)(c2cccs2)N2CCNC(=O)C2=O)cc1. The number of hydrogen-bond donors (Lipinski definition) is 5. The van der Waals surface area contributed by atoms with Gasteiger partial charge in [-0.1, -0.05) is 18.2 Å². The van der Waals surface area contributed by atoms with Crippen molar-refractivity contribution in [2.75, 3.05) is 19.6 Å². The molecule has 0 radical (unpaired) electrons. The molecule has 0 aliphatic carbocycles. The van der Waals surface area contributed by atoms with Gasteiger partial charge in [-0.25, -0.2) is 0 Å². The second-order valence-corrected chi connectivity index (χ2v) is 8.59. The molecule has 3 amide bonds.